The summed E-state index contributed by atoms with van der Waals surface area (Å²) in [7, 11) is 2.01. The maximum Gasteiger partial charge on any atom is 0.243 e. The summed E-state index contributed by atoms with van der Waals surface area (Å²) in [6.07, 6.45) is 1.22. The fraction of sp³-hybridized carbons (Fsp3) is 0.867. The van der Waals surface area contributed by atoms with Crippen LogP contribution in [0.15, 0.2) is 4.52 Å². The minimum atomic E-state index is 0.212. The van der Waals surface area contributed by atoms with Gasteiger partial charge in [-0.1, -0.05) is 19.0 Å². The van der Waals surface area contributed by atoms with E-state index in [1.165, 1.54) is 13.0 Å². The fourth-order valence-electron chi connectivity index (χ4n) is 2.66. The van der Waals surface area contributed by atoms with Crippen LogP contribution in [0.2, 0.25) is 0 Å². The number of hydrogen-bond donors (Lipinski definition) is 1. The summed E-state index contributed by atoms with van der Waals surface area (Å²) in [6.45, 7) is 13.0. The van der Waals surface area contributed by atoms with Crippen LogP contribution in [0, 0.1) is 0 Å². The molecule has 1 N–H and O–H groups in total. The van der Waals surface area contributed by atoms with Crippen LogP contribution in [-0.4, -0.2) is 66.3 Å². The number of nitrogens with one attached hydrogen (secondary N) is 1. The molecule has 1 unspecified atom stereocenters. The molecular formula is C15H29N5O. The van der Waals surface area contributed by atoms with Gasteiger partial charge < -0.3 is 14.7 Å². The van der Waals surface area contributed by atoms with Gasteiger partial charge in [-0.15, -0.1) is 0 Å². The third-order valence-corrected chi connectivity index (χ3v) is 4.19. The van der Waals surface area contributed by atoms with Gasteiger partial charge in [-0.05, 0) is 33.5 Å². The van der Waals surface area contributed by atoms with E-state index in [0.29, 0.717) is 5.92 Å². The Balaban J connectivity index is 1.80. The van der Waals surface area contributed by atoms with E-state index >= 15 is 0 Å². The topological polar surface area (TPSA) is 57.4 Å². The molecular weight excluding hydrogens is 266 g/mol. The third kappa shape index (κ3) is 4.49. The summed E-state index contributed by atoms with van der Waals surface area (Å²) in [5.74, 6) is 1.88. The van der Waals surface area contributed by atoms with Crippen molar-refractivity contribution in [1.82, 2.24) is 25.3 Å². The van der Waals surface area contributed by atoms with Crippen LogP contribution < -0.4 is 5.32 Å². The average molecular weight is 295 g/mol. The molecule has 0 bridgehead atoms. The van der Waals surface area contributed by atoms with E-state index in [1.54, 1.807) is 0 Å². The zero-order chi connectivity index (χ0) is 15.2. The quantitative estimate of drug-likeness (QED) is 0.769. The highest BCUT2D eigenvalue weighted by molar-refractivity contribution is 4.96. The van der Waals surface area contributed by atoms with Crippen molar-refractivity contribution in [1.29, 1.82) is 0 Å². The van der Waals surface area contributed by atoms with Gasteiger partial charge in [-0.2, -0.15) is 4.98 Å². The summed E-state index contributed by atoms with van der Waals surface area (Å²) in [6, 6.07) is 0.212. The molecule has 0 aliphatic carbocycles. The summed E-state index contributed by atoms with van der Waals surface area (Å²) in [5, 5.41) is 7.27. The molecule has 0 radical (unpaired) electrons. The summed E-state index contributed by atoms with van der Waals surface area (Å²) < 4.78 is 5.42. The van der Waals surface area contributed by atoms with Crippen LogP contribution in [0.4, 0.5) is 0 Å². The average Bonchev–Trinajstić information content (AvgIpc) is 2.97. The number of aromatic nitrogens is 2. The van der Waals surface area contributed by atoms with E-state index < -0.39 is 0 Å². The highest BCUT2D eigenvalue weighted by atomic mass is 16.5. The Hall–Kier alpha value is -0.980. The Morgan fingerprint density at radius 2 is 1.90 bits per heavy atom. The number of hydrogen-bond acceptors (Lipinski definition) is 6. The zero-order valence-electron chi connectivity index (χ0n) is 13.8. The maximum absolute atomic E-state index is 5.42. The van der Waals surface area contributed by atoms with Crippen LogP contribution >= 0.6 is 0 Å². The molecule has 6 heteroatoms. The Morgan fingerprint density at radius 1 is 1.19 bits per heavy atom. The fourth-order valence-corrected chi connectivity index (χ4v) is 2.66. The first kappa shape index (κ1) is 16.4. The molecule has 1 aromatic heterocycles. The van der Waals surface area contributed by atoms with Gasteiger partial charge in [0.25, 0.3) is 0 Å². The van der Waals surface area contributed by atoms with E-state index in [9.17, 15) is 0 Å². The van der Waals surface area contributed by atoms with Gasteiger partial charge in [0.05, 0.1) is 6.04 Å². The molecule has 1 aromatic rings. The molecule has 2 rings (SSSR count). The van der Waals surface area contributed by atoms with E-state index in [0.717, 1.165) is 44.4 Å². The molecule has 1 saturated heterocycles. The van der Waals surface area contributed by atoms with Crippen molar-refractivity contribution < 1.29 is 4.52 Å². The smallest absolute Gasteiger partial charge is 0.243 e. The lowest BCUT2D eigenvalue weighted by Crippen LogP contribution is -2.47. The minimum absolute atomic E-state index is 0.212. The SMILES string of the molecule is CNCCCN1CCN(C(C)c2nc(C(C)C)no2)CC1. The Morgan fingerprint density at radius 3 is 2.48 bits per heavy atom. The second-order valence-electron chi connectivity index (χ2n) is 6.16. The summed E-state index contributed by atoms with van der Waals surface area (Å²) in [4.78, 5) is 9.50. The highest BCUT2D eigenvalue weighted by Gasteiger charge is 2.25. The largest absolute Gasteiger partial charge is 0.338 e. The molecule has 1 atom stereocenters. The van der Waals surface area contributed by atoms with Crippen molar-refractivity contribution in [2.45, 2.75) is 39.2 Å². The monoisotopic (exact) mass is 295 g/mol. The lowest BCUT2D eigenvalue weighted by atomic mass is 10.2. The highest BCUT2D eigenvalue weighted by Crippen LogP contribution is 2.21. The molecule has 1 fully saturated rings. The lowest BCUT2D eigenvalue weighted by molar-refractivity contribution is 0.0878. The van der Waals surface area contributed by atoms with Crippen LogP contribution in [0.5, 0.6) is 0 Å². The Bertz CT molecular complexity index is 412. The summed E-state index contributed by atoms with van der Waals surface area (Å²) in [5.41, 5.74) is 0. The van der Waals surface area contributed by atoms with E-state index in [-0.39, 0.29) is 6.04 Å². The first-order valence-electron chi connectivity index (χ1n) is 8.06. The molecule has 6 nitrogen and oxygen atoms in total. The van der Waals surface area contributed by atoms with Gasteiger partial charge in [-0.3, -0.25) is 4.90 Å². The predicted octanol–water partition coefficient (Wildman–Crippen LogP) is 1.48. The zero-order valence-corrected chi connectivity index (χ0v) is 13.8. The second kappa shape index (κ2) is 7.87. The van der Waals surface area contributed by atoms with Crippen LogP contribution in [0.3, 0.4) is 0 Å². The van der Waals surface area contributed by atoms with E-state index in [4.69, 9.17) is 4.52 Å². The minimum Gasteiger partial charge on any atom is -0.338 e. The predicted molar refractivity (Wildman–Crippen MR) is 83.4 cm³/mol. The first-order chi connectivity index (χ1) is 10.1. The van der Waals surface area contributed by atoms with Gasteiger partial charge in [0.15, 0.2) is 5.82 Å². The standard InChI is InChI=1S/C15H29N5O/c1-12(2)14-17-15(21-18-14)13(3)20-10-8-19(9-11-20)7-5-6-16-4/h12-13,16H,5-11H2,1-4H3. The van der Waals surface area contributed by atoms with Crippen molar-refractivity contribution in [2.24, 2.45) is 0 Å². The van der Waals surface area contributed by atoms with E-state index in [2.05, 4.69) is 46.0 Å². The van der Waals surface area contributed by atoms with Crippen molar-refractivity contribution in [2.75, 3.05) is 46.3 Å². The summed E-state index contributed by atoms with van der Waals surface area (Å²) >= 11 is 0. The Labute approximate surface area is 127 Å². The second-order valence-corrected chi connectivity index (χ2v) is 6.16. The number of piperazine rings is 1. The van der Waals surface area contributed by atoms with Gasteiger partial charge >= 0.3 is 0 Å². The number of rotatable bonds is 7. The first-order valence-corrected chi connectivity index (χ1v) is 8.06. The van der Waals surface area contributed by atoms with Gasteiger partial charge in [-0.25, -0.2) is 0 Å². The molecule has 0 spiro atoms. The van der Waals surface area contributed by atoms with Crippen molar-refractivity contribution in [3.63, 3.8) is 0 Å². The molecule has 1 aliphatic heterocycles. The van der Waals surface area contributed by atoms with E-state index in [1.807, 2.05) is 7.05 Å². The van der Waals surface area contributed by atoms with Crippen LogP contribution in [-0.2, 0) is 0 Å². The molecule has 1 aliphatic rings. The molecule has 21 heavy (non-hydrogen) atoms. The number of nitrogens with zero attached hydrogens (tertiary/aromatic N) is 4. The normalized spacial score (nSPS) is 19.3. The molecule has 0 aromatic carbocycles. The Kier molecular flexibility index (Phi) is 6.14. The molecule has 0 amide bonds. The van der Waals surface area contributed by atoms with Crippen molar-refractivity contribution in [3.05, 3.63) is 11.7 Å². The van der Waals surface area contributed by atoms with Crippen molar-refractivity contribution in [3.8, 4) is 0 Å². The van der Waals surface area contributed by atoms with Crippen molar-refractivity contribution >= 4 is 0 Å². The molecule has 120 valence electrons. The van der Waals surface area contributed by atoms with Gasteiger partial charge in [0.2, 0.25) is 5.89 Å². The maximum atomic E-state index is 5.42. The molecule has 0 saturated carbocycles. The van der Waals surface area contributed by atoms with Gasteiger partial charge in [0, 0.05) is 32.1 Å². The molecule has 2 heterocycles. The third-order valence-electron chi connectivity index (χ3n) is 4.19. The van der Waals surface area contributed by atoms with Gasteiger partial charge in [0.1, 0.15) is 0 Å². The lowest BCUT2D eigenvalue weighted by Gasteiger charge is -2.36. The van der Waals surface area contributed by atoms with Crippen LogP contribution in [0.25, 0.3) is 0 Å². The van der Waals surface area contributed by atoms with Crippen LogP contribution in [0.1, 0.15) is 50.9 Å².